The number of benzene rings is 1. The summed E-state index contributed by atoms with van der Waals surface area (Å²) in [5.41, 5.74) is 0.492. The molecule has 0 spiro atoms. The lowest BCUT2D eigenvalue weighted by Crippen LogP contribution is -2.41. The van der Waals surface area contributed by atoms with Crippen LogP contribution >= 0.6 is 11.8 Å². The largest absolute Gasteiger partial charge is 0.385 e. The fourth-order valence-corrected chi connectivity index (χ4v) is 3.13. The summed E-state index contributed by atoms with van der Waals surface area (Å²) in [5.74, 6) is 2.05. The van der Waals surface area contributed by atoms with E-state index < -0.39 is 5.54 Å². The molecule has 3 nitrogen and oxygen atoms in total. The first-order valence-corrected chi connectivity index (χ1v) is 8.23. The smallest absolute Gasteiger partial charge is 0.133 e. The molecule has 0 aromatic heterocycles. The van der Waals surface area contributed by atoms with Gasteiger partial charge in [0.05, 0.1) is 6.07 Å². The average molecular weight is 292 g/mol. The van der Waals surface area contributed by atoms with E-state index in [0.29, 0.717) is 0 Å². The minimum absolute atomic E-state index is 0.565. The first kappa shape index (κ1) is 17.0. The number of hydrogen-bond donors (Lipinski definition) is 1. The number of nitriles is 1. The third kappa shape index (κ3) is 5.16. The van der Waals surface area contributed by atoms with E-state index in [0.717, 1.165) is 43.1 Å². The summed E-state index contributed by atoms with van der Waals surface area (Å²) >= 11 is 1.88. The molecule has 1 aromatic rings. The van der Waals surface area contributed by atoms with Gasteiger partial charge in [0, 0.05) is 13.7 Å². The maximum absolute atomic E-state index is 9.66. The van der Waals surface area contributed by atoms with Crippen molar-refractivity contribution in [2.45, 2.75) is 25.3 Å². The molecule has 0 saturated carbocycles. The molecule has 1 rings (SSSR count). The number of rotatable bonds is 10. The summed E-state index contributed by atoms with van der Waals surface area (Å²) in [5, 5.41) is 13.0. The van der Waals surface area contributed by atoms with Crippen LogP contribution in [0, 0.1) is 11.3 Å². The van der Waals surface area contributed by atoms with Crippen molar-refractivity contribution >= 4 is 11.8 Å². The van der Waals surface area contributed by atoms with Gasteiger partial charge in [-0.2, -0.15) is 17.0 Å². The van der Waals surface area contributed by atoms with E-state index in [2.05, 4.69) is 11.4 Å². The van der Waals surface area contributed by atoms with Gasteiger partial charge in [-0.05, 0) is 36.5 Å². The van der Waals surface area contributed by atoms with Gasteiger partial charge in [0.1, 0.15) is 5.54 Å². The molecule has 0 radical (unpaired) electrons. The highest BCUT2D eigenvalue weighted by atomic mass is 32.2. The molecule has 1 atom stereocenters. The number of thioether (sulfide) groups is 1. The van der Waals surface area contributed by atoms with Crippen LogP contribution < -0.4 is 5.32 Å². The molecule has 1 N–H and O–H groups in total. The predicted octanol–water partition coefficient (Wildman–Crippen LogP) is 3.17. The molecule has 1 unspecified atom stereocenters. The van der Waals surface area contributed by atoms with Crippen molar-refractivity contribution in [3.63, 3.8) is 0 Å². The van der Waals surface area contributed by atoms with Gasteiger partial charge in [0.15, 0.2) is 0 Å². The topological polar surface area (TPSA) is 45.0 Å². The molecule has 0 bridgehead atoms. The van der Waals surface area contributed by atoms with Gasteiger partial charge in [-0.25, -0.2) is 0 Å². The van der Waals surface area contributed by atoms with Crippen LogP contribution in [0.2, 0.25) is 0 Å². The molecule has 0 aliphatic rings. The third-order valence-electron chi connectivity index (χ3n) is 3.19. The van der Waals surface area contributed by atoms with Crippen molar-refractivity contribution in [2.24, 2.45) is 0 Å². The quantitative estimate of drug-likeness (QED) is 0.673. The van der Waals surface area contributed by atoms with Crippen LogP contribution in [0.25, 0.3) is 0 Å². The van der Waals surface area contributed by atoms with Crippen molar-refractivity contribution in [3.05, 3.63) is 35.9 Å². The molecular formula is C16H24N2OS. The fourth-order valence-electron chi connectivity index (χ4n) is 2.15. The first-order valence-electron chi connectivity index (χ1n) is 7.07. The first-order chi connectivity index (χ1) is 9.79. The Labute approximate surface area is 126 Å². The van der Waals surface area contributed by atoms with Gasteiger partial charge >= 0.3 is 0 Å². The zero-order valence-corrected chi connectivity index (χ0v) is 13.2. The van der Waals surface area contributed by atoms with Crippen molar-refractivity contribution in [3.8, 4) is 6.07 Å². The number of hydrogen-bond acceptors (Lipinski definition) is 4. The number of ether oxygens (including phenoxy) is 1. The standard InChI is InChI=1S/C16H24N2OS/c1-3-18-16(14-17,15-8-5-4-6-9-15)10-13-20-12-7-11-19-2/h4-6,8-9,18H,3,7,10-13H2,1-2H3. The van der Waals surface area contributed by atoms with E-state index in [1.165, 1.54) is 0 Å². The van der Waals surface area contributed by atoms with E-state index in [9.17, 15) is 5.26 Å². The summed E-state index contributed by atoms with van der Waals surface area (Å²) in [7, 11) is 1.73. The van der Waals surface area contributed by atoms with Crippen molar-refractivity contribution in [2.75, 3.05) is 31.8 Å². The zero-order valence-electron chi connectivity index (χ0n) is 12.4. The SMILES string of the molecule is CCNC(C#N)(CCSCCCOC)c1ccccc1. The van der Waals surface area contributed by atoms with Gasteiger partial charge in [0.25, 0.3) is 0 Å². The summed E-state index contributed by atoms with van der Waals surface area (Å²) in [6, 6.07) is 12.5. The Balaban J connectivity index is 2.59. The lowest BCUT2D eigenvalue weighted by molar-refractivity contribution is 0.200. The molecule has 0 aliphatic carbocycles. The second kappa shape index (κ2) is 9.82. The van der Waals surface area contributed by atoms with Crippen LogP contribution in [-0.4, -0.2) is 31.8 Å². The molecular weight excluding hydrogens is 268 g/mol. The minimum Gasteiger partial charge on any atom is -0.385 e. The lowest BCUT2D eigenvalue weighted by atomic mass is 9.88. The Kier molecular flexibility index (Phi) is 8.36. The molecule has 0 saturated heterocycles. The Morgan fingerprint density at radius 2 is 2.05 bits per heavy atom. The van der Waals surface area contributed by atoms with Crippen molar-refractivity contribution in [1.29, 1.82) is 5.26 Å². The normalized spacial score (nSPS) is 13.7. The van der Waals surface area contributed by atoms with E-state index in [1.54, 1.807) is 7.11 Å². The number of nitrogens with zero attached hydrogens (tertiary/aromatic N) is 1. The molecule has 4 heteroatoms. The Morgan fingerprint density at radius 1 is 1.30 bits per heavy atom. The predicted molar refractivity (Wildman–Crippen MR) is 85.8 cm³/mol. The Bertz CT molecular complexity index is 405. The van der Waals surface area contributed by atoms with Crippen LogP contribution in [0.5, 0.6) is 0 Å². The highest BCUT2D eigenvalue weighted by Crippen LogP contribution is 2.26. The van der Waals surface area contributed by atoms with Crippen molar-refractivity contribution < 1.29 is 4.74 Å². The van der Waals surface area contributed by atoms with Gasteiger partial charge in [-0.1, -0.05) is 37.3 Å². The van der Waals surface area contributed by atoms with Crippen LogP contribution in [-0.2, 0) is 10.3 Å². The highest BCUT2D eigenvalue weighted by molar-refractivity contribution is 7.99. The lowest BCUT2D eigenvalue weighted by Gasteiger charge is -2.28. The maximum Gasteiger partial charge on any atom is 0.133 e. The van der Waals surface area contributed by atoms with Gasteiger partial charge < -0.3 is 4.74 Å². The van der Waals surface area contributed by atoms with Gasteiger partial charge in [-0.3, -0.25) is 5.32 Å². The summed E-state index contributed by atoms with van der Waals surface area (Å²) in [6.45, 7) is 3.64. The fraction of sp³-hybridized carbons (Fsp3) is 0.562. The monoisotopic (exact) mass is 292 g/mol. The second-order valence-electron chi connectivity index (χ2n) is 4.62. The maximum atomic E-state index is 9.66. The Hall–Kier alpha value is -1.02. The number of nitrogens with one attached hydrogen (secondary N) is 1. The second-order valence-corrected chi connectivity index (χ2v) is 5.85. The number of methoxy groups -OCH3 is 1. The molecule has 0 fully saturated rings. The summed E-state index contributed by atoms with van der Waals surface area (Å²) in [6.07, 6.45) is 1.88. The van der Waals surface area contributed by atoms with Crippen LogP contribution in [0.4, 0.5) is 0 Å². The average Bonchev–Trinajstić information content (AvgIpc) is 2.50. The van der Waals surface area contributed by atoms with E-state index in [-0.39, 0.29) is 0 Å². The molecule has 110 valence electrons. The van der Waals surface area contributed by atoms with Gasteiger partial charge in [0.2, 0.25) is 0 Å². The highest BCUT2D eigenvalue weighted by Gasteiger charge is 2.30. The molecule has 0 amide bonds. The summed E-state index contributed by atoms with van der Waals surface area (Å²) in [4.78, 5) is 0. The third-order valence-corrected chi connectivity index (χ3v) is 4.26. The van der Waals surface area contributed by atoms with Gasteiger partial charge in [-0.15, -0.1) is 0 Å². The minimum atomic E-state index is -0.565. The molecule has 0 heterocycles. The van der Waals surface area contributed by atoms with Crippen LogP contribution in [0.3, 0.4) is 0 Å². The van der Waals surface area contributed by atoms with Crippen molar-refractivity contribution in [1.82, 2.24) is 5.32 Å². The summed E-state index contributed by atoms with van der Waals surface area (Å²) < 4.78 is 5.04. The van der Waals surface area contributed by atoms with E-state index in [4.69, 9.17) is 4.74 Å². The van der Waals surface area contributed by atoms with Crippen LogP contribution in [0.1, 0.15) is 25.3 Å². The zero-order chi connectivity index (χ0) is 14.7. The Morgan fingerprint density at radius 3 is 2.65 bits per heavy atom. The van der Waals surface area contributed by atoms with E-state index >= 15 is 0 Å². The molecule has 1 aromatic carbocycles. The van der Waals surface area contributed by atoms with Crippen LogP contribution in [0.15, 0.2) is 30.3 Å². The van der Waals surface area contributed by atoms with E-state index in [1.807, 2.05) is 49.0 Å². The molecule has 0 aliphatic heterocycles. The molecule has 20 heavy (non-hydrogen) atoms.